The first-order valence-corrected chi connectivity index (χ1v) is 9.50. The molecule has 4 aromatic rings. The van der Waals surface area contributed by atoms with Crippen molar-refractivity contribution in [3.05, 3.63) is 105 Å². The van der Waals surface area contributed by atoms with Crippen LogP contribution >= 0.6 is 11.3 Å². The van der Waals surface area contributed by atoms with Crippen LogP contribution in [-0.2, 0) is 0 Å². The van der Waals surface area contributed by atoms with Crippen LogP contribution in [0.1, 0.15) is 20.9 Å². The molecule has 7 heteroatoms. The van der Waals surface area contributed by atoms with E-state index in [0.29, 0.717) is 10.6 Å². The lowest BCUT2D eigenvalue weighted by Crippen LogP contribution is -2.06. The molecule has 0 bridgehead atoms. The maximum absolute atomic E-state index is 13.3. The van der Waals surface area contributed by atoms with E-state index in [1.807, 2.05) is 30.3 Å². The Hall–Kier alpha value is -3.84. The highest BCUT2D eigenvalue weighted by atomic mass is 32.1. The molecular weight excluding hydrogens is 388 g/mol. The number of carbonyl (C=O) groups is 1. The van der Waals surface area contributed by atoms with Crippen molar-refractivity contribution in [1.82, 2.24) is 4.98 Å². The van der Waals surface area contributed by atoms with E-state index in [1.165, 1.54) is 35.6 Å². The minimum Gasteiger partial charge on any atom is -0.506 e. The summed E-state index contributed by atoms with van der Waals surface area (Å²) in [4.78, 5) is 28.2. The van der Waals surface area contributed by atoms with Crippen LogP contribution in [0.2, 0.25) is 0 Å². The zero-order chi connectivity index (χ0) is 20.4. The highest BCUT2D eigenvalue weighted by molar-refractivity contribution is 7.20. The zero-order valence-corrected chi connectivity index (χ0v) is 15.8. The first-order chi connectivity index (χ1) is 14.0. The summed E-state index contributed by atoms with van der Waals surface area (Å²) >= 11 is 1.30. The number of aromatic nitrogens is 1. The van der Waals surface area contributed by atoms with Crippen LogP contribution in [0, 0.1) is 10.1 Å². The molecular formula is C22H14N2O4S. The molecule has 0 spiro atoms. The summed E-state index contributed by atoms with van der Waals surface area (Å²) in [6.45, 7) is 0. The van der Waals surface area contributed by atoms with Crippen molar-refractivity contribution in [1.29, 1.82) is 0 Å². The third-order valence-corrected chi connectivity index (χ3v) is 5.41. The third-order valence-electron chi connectivity index (χ3n) is 4.36. The molecule has 0 radical (unpaired) electrons. The minimum absolute atomic E-state index is 0.0613. The maximum atomic E-state index is 13.3. The molecule has 4 rings (SSSR count). The molecule has 6 nitrogen and oxygen atoms in total. The monoisotopic (exact) mass is 402 g/mol. The van der Waals surface area contributed by atoms with Crippen molar-refractivity contribution < 1.29 is 14.8 Å². The number of hydrogen-bond donors (Lipinski definition) is 1. The van der Waals surface area contributed by atoms with Gasteiger partial charge in [-0.1, -0.05) is 42.5 Å². The number of para-hydroxylation sites is 1. The molecule has 3 aromatic carbocycles. The van der Waals surface area contributed by atoms with Gasteiger partial charge in [-0.15, -0.1) is 11.3 Å². The Morgan fingerprint density at radius 1 is 0.897 bits per heavy atom. The molecule has 0 fully saturated rings. The molecule has 1 heterocycles. The number of thiazole rings is 1. The minimum atomic E-state index is -0.528. The fourth-order valence-corrected chi connectivity index (χ4v) is 3.91. The number of aliphatic hydroxyl groups excluding tert-OH is 1. The summed E-state index contributed by atoms with van der Waals surface area (Å²) in [5.74, 6) is -0.645. The number of ketones is 1. The van der Waals surface area contributed by atoms with Crippen LogP contribution in [0.15, 0.2) is 78.9 Å². The number of nitro groups is 1. The largest absolute Gasteiger partial charge is 0.506 e. The van der Waals surface area contributed by atoms with Crippen molar-refractivity contribution in [2.24, 2.45) is 0 Å². The van der Waals surface area contributed by atoms with Gasteiger partial charge >= 0.3 is 0 Å². The van der Waals surface area contributed by atoms with E-state index in [0.717, 1.165) is 10.2 Å². The fraction of sp³-hybridized carbons (Fsp3) is 0. The van der Waals surface area contributed by atoms with Gasteiger partial charge in [-0.25, -0.2) is 4.98 Å². The quantitative estimate of drug-likeness (QED) is 0.156. The van der Waals surface area contributed by atoms with Crippen molar-refractivity contribution >= 4 is 44.4 Å². The van der Waals surface area contributed by atoms with Gasteiger partial charge in [-0.3, -0.25) is 14.9 Å². The Bertz CT molecular complexity index is 1210. The molecule has 1 aromatic heterocycles. The highest BCUT2D eigenvalue weighted by Crippen LogP contribution is 2.33. The SMILES string of the molecule is O=C(C(=C(O)c1ccccc1)c1nc2ccccc2s1)c1ccc([N+](=O)[O-])cc1. The first kappa shape index (κ1) is 18.5. The Morgan fingerprint density at radius 2 is 1.55 bits per heavy atom. The van der Waals surface area contributed by atoms with Crippen LogP contribution in [0.3, 0.4) is 0 Å². The lowest BCUT2D eigenvalue weighted by atomic mass is 9.99. The van der Waals surface area contributed by atoms with Crippen LogP contribution in [0.5, 0.6) is 0 Å². The van der Waals surface area contributed by atoms with E-state index in [4.69, 9.17) is 0 Å². The third kappa shape index (κ3) is 3.63. The summed E-state index contributed by atoms with van der Waals surface area (Å²) < 4.78 is 0.886. The summed E-state index contributed by atoms with van der Waals surface area (Å²) in [7, 11) is 0. The predicted octanol–water partition coefficient (Wildman–Crippen LogP) is 5.51. The number of nitrogens with zero attached hydrogens (tertiary/aromatic N) is 2. The Balaban J connectivity index is 1.88. The van der Waals surface area contributed by atoms with Gasteiger partial charge in [0, 0.05) is 23.3 Å². The van der Waals surface area contributed by atoms with Gasteiger partial charge in [-0.05, 0) is 24.3 Å². The Labute approximate surface area is 169 Å². The zero-order valence-electron chi connectivity index (χ0n) is 15.0. The van der Waals surface area contributed by atoms with Gasteiger partial charge in [0.1, 0.15) is 16.3 Å². The molecule has 0 atom stereocenters. The maximum Gasteiger partial charge on any atom is 0.269 e. The van der Waals surface area contributed by atoms with E-state index in [1.54, 1.807) is 24.3 Å². The van der Waals surface area contributed by atoms with Crippen molar-refractivity contribution in [2.45, 2.75) is 0 Å². The number of allylic oxidation sites excluding steroid dienone is 1. The van der Waals surface area contributed by atoms with E-state index in [2.05, 4.69) is 4.98 Å². The molecule has 0 amide bonds. The van der Waals surface area contributed by atoms with Crippen LogP contribution in [0.25, 0.3) is 21.5 Å². The van der Waals surface area contributed by atoms with Crippen molar-refractivity contribution in [3.8, 4) is 0 Å². The molecule has 0 aliphatic heterocycles. The number of carbonyl (C=O) groups excluding carboxylic acids is 1. The molecule has 1 N–H and O–H groups in total. The van der Waals surface area contributed by atoms with E-state index in [9.17, 15) is 20.0 Å². The lowest BCUT2D eigenvalue weighted by molar-refractivity contribution is -0.384. The van der Waals surface area contributed by atoms with Crippen molar-refractivity contribution in [3.63, 3.8) is 0 Å². The number of rotatable bonds is 5. The number of fused-ring (bicyclic) bond motifs is 1. The number of Topliss-reactive ketones (excluding diaryl/α,β-unsaturated/α-hetero) is 1. The van der Waals surface area contributed by atoms with Gasteiger partial charge < -0.3 is 5.11 Å². The fourth-order valence-electron chi connectivity index (χ4n) is 2.90. The summed E-state index contributed by atoms with van der Waals surface area (Å²) in [5, 5.41) is 22.2. The number of benzene rings is 3. The molecule has 0 aliphatic carbocycles. The highest BCUT2D eigenvalue weighted by Gasteiger charge is 2.24. The number of hydrogen-bond acceptors (Lipinski definition) is 6. The number of aliphatic hydroxyl groups is 1. The van der Waals surface area contributed by atoms with Crippen molar-refractivity contribution in [2.75, 3.05) is 0 Å². The van der Waals surface area contributed by atoms with Crippen LogP contribution in [0.4, 0.5) is 5.69 Å². The topological polar surface area (TPSA) is 93.3 Å². The summed E-state index contributed by atoms with van der Waals surface area (Å²) in [6, 6.07) is 21.5. The lowest BCUT2D eigenvalue weighted by Gasteiger charge is -2.08. The summed E-state index contributed by atoms with van der Waals surface area (Å²) in [6.07, 6.45) is 0. The molecule has 29 heavy (non-hydrogen) atoms. The van der Waals surface area contributed by atoms with Gasteiger partial charge in [0.2, 0.25) is 0 Å². The number of non-ortho nitro benzene ring substituents is 1. The molecule has 0 aliphatic rings. The predicted molar refractivity (Wildman–Crippen MR) is 113 cm³/mol. The van der Waals surface area contributed by atoms with E-state index >= 15 is 0 Å². The van der Waals surface area contributed by atoms with Crippen LogP contribution in [-0.4, -0.2) is 20.8 Å². The second-order valence-corrected chi connectivity index (χ2v) is 7.24. The average molecular weight is 402 g/mol. The average Bonchev–Trinajstić information content (AvgIpc) is 3.18. The molecule has 142 valence electrons. The smallest absolute Gasteiger partial charge is 0.269 e. The molecule has 0 saturated carbocycles. The summed E-state index contributed by atoms with van der Waals surface area (Å²) in [5.41, 5.74) is 1.39. The van der Waals surface area contributed by atoms with E-state index in [-0.39, 0.29) is 22.6 Å². The van der Waals surface area contributed by atoms with Crippen LogP contribution < -0.4 is 0 Å². The molecule has 0 saturated heterocycles. The number of nitro benzene ring substituents is 1. The van der Waals surface area contributed by atoms with E-state index < -0.39 is 10.7 Å². The van der Waals surface area contributed by atoms with Gasteiger partial charge in [-0.2, -0.15) is 0 Å². The Morgan fingerprint density at radius 3 is 2.21 bits per heavy atom. The normalized spacial score (nSPS) is 11.9. The standard InChI is InChI=1S/C22H14N2O4S/c25-20(14-6-2-1-3-7-14)19(22-23-17-8-4-5-9-18(17)29-22)21(26)15-10-12-16(13-11-15)24(27)28/h1-13,25H. The van der Waals surface area contributed by atoms with Gasteiger partial charge in [0.15, 0.2) is 5.78 Å². The van der Waals surface area contributed by atoms with Gasteiger partial charge in [0.25, 0.3) is 5.69 Å². The first-order valence-electron chi connectivity index (χ1n) is 8.68. The second-order valence-electron chi connectivity index (χ2n) is 6.21. The Kier molecular flexibility index (Phi) is 4.88. The second kappa shape index (κ2) is 7.65. The van der Waals surface area contributed by atoms with Gasteiger partial charge in [0.05, 0.1) is 15.1 Å². The molecule has 0 unspecified atom stereocenters.